The zero-order valence-corrected chi connectivity index (χ0v) is 12.6. The first-order valence-electron chi connectivity index (χ1n) is 6.91. The van der Waals surface area contributed by atoms with Crippen molar-refractivity contribution in [3.63, 3.8) is 0 Å². The van der Waals surface area contributed by atoms with Gasteiger partial charge in [0.2, 0.25) is 5.91 Å². The van der Waals surface area contributed by atoms with Crippen LogP contribution >= 0.6 is 0 Å². The third kappa shape index (κ3) is 6.65. The van der Waals surface area contributed by atoms with Crippen molar-refractivity contribution in [2.24, 2.45) is 16.5 Å². The van der Waals surface area contributed by atoms with Gasteiger partial charge in [0.05, 0.1) is 7.11 Å². The molecule has 0 unspecified atom stereocenters. The van der Waals surface area contributed by atoms with E-state index in [9.17, 15) is 9.90 Å². The van der Waals surface area contributed by atoms with Gasteiger partial charge in [-0.1, -0.05) is 6.07 Å². The van der Waals surface area contributed by atoms with Crippen LogP contribution in [-0.4, -0.2) is 37.2 Å². The maximum Gasteiger partial charge on any atom is 0.243 e. The fourth-order valence-corrected chi connectivity index (χ4v) is 1.69. The van der Waals surface area contributed by atoms with Crippen LogP contribution < -0.4 is 21.5 Å². The maximum atomic E-state index is 11.6. The number of aromatic hydroxyl groups is 1. The van der Waals surface area contributed by atoms with Gasteiger partial charge < -0.3 is 26.6 Å². The van der Waals surface area contributed by atoms with Crippen LogP contribution in [0.15, 0.2) is 29.3 Å². The van der Waals surface area contributed by atoms with Gasteiger partial charge in [-0.15, -0.1) is 0 Å². The number of phenolic OH excluding ortho intramolecular Hbond substituents is 1. The number of hydrogen-bond acceptors (Lipinski definition) is 4. The monoisotopic (exact) mass is 306 g/mol. The lowest BCUT2D eigenvalue weighted by Gasteiger charge is -2.04. The molecule has 0 bridgehead atoms. The minimum absolute atomic E-state index is 0.0601. The number of benzene rings is 1. The van der Waals surface area contributed by atoms with E-state index in [1.165, 1.54) is 19.3 Å². The number of nitrogens with one attached hydrogen (secondary N) is 1. The average molecular weight is 306 g/mol. The van der Waals surface area contributed by atoms with E-state index in [4.69, 9.17) is 16.2 Å². The number of unbranched alkanes of at least 4 members (excludes halogenated alkanes) is 1. The number of aliphatic imine (C=N–C) groups is 1. The number of carbonyl (C=O) groups is 1. The minimum Gasteiger partial charge on any atom is -0.504 e. The van der Waals surface area contributed by atoms with Gasteiger partial charge in [-0.2, -0.15) is 0 Å². The summed E-state index contributed by atoms with van der Waals surface area (Å²) in [5.74, 6) is 0.317. The molecule has 1 aromatic carbocycles. The van der Waals surface area contributed by atoms with E-state index in [1.807, 2.05) is 0 Å². The number of carbonyl (C=O) groups excluding carboxylic acids is 1. The van der Waals surface area contributed by atoms with E-state index in [1.54, 1.807) is 18.2 Å². The first-order valence-corrected chi connectivity index (χ1v) is 6.91. The highest BCUT2D eigenvalue weighted by atomic mass is 16.5. The summed E-state index contributed by atoms with van der Waals surface area (Å²) in [5.41, 5.74) is 11.2. The van der Waals surface area contributed by atoms with Crippen molar-refractivity contribution in [3.8, 4) is 11.5 Å². The molecule has 1 rings (SSSR count). The normalized spacial score (nSPS) is 10.4. The van der Waals surface area contributed by atoms with Crippen molar-refractivity contribution in [1.82, 2.24) is 5.32 Å². The molecule has 22 heavy (non-hydrogen) atoms. The zero-order chi connectivity index (χ0) is 16.4. The molecule has 0 aliphatic heterocycles. The van der Waals surface area contributed by atoms with Crippen LogP contribution in [-0.2, 0) is 4.79 Å². The van der Waals surface area contributed by atoms with E-state index >= 15 is 0 Å². The van der Waals surface area contributed by atoms with Gasteiger partial charge in [-0.3, -0.25) is 9.79 Å². The van der Waals surface area contributed by atoms with Gasteiger partial charge in [0.25, 0.3) is 0 Å². The molecule has 0 aromatic heterocycles. The molecule has 0 aliphatic carbocycles. The lowest BCUT2D eigenvalue weighted by atomic mass is 10.2. The van der Waals surface area contributed by atoms with E-state index in [-0.39, 0.29) is 17.6 Å². The number of methoxy groups -OCH3 is 1. The molecule has 7 heteroatoms. The third-order valence-corrected chi connectivity index (χ3v) is 2.81. The molecule has 0 saturated carbocycles. The van der Waals surface area contributed by atoms with Crippen LogP contribution in [0.1, 0.15) is 18.4 Å². The fourth-order valence-electron chi connectivity index (χ4n) is 1.69. The van der Waals surface area contributed by atoms with Gasteiger partial charge in [-0.05, 0) is 36.6 Å². The van der Waals surface area contributed by atoms with Crippen molar-refractivity contribution < 1.29 is 14.6 Å². The largest absolute Gasteiger partial charge is 0.504 e. The number of amides is 1. The second kappa shape index (κ2) is 9.28. The van der Waals surface area contributed by atoms with E-state index in [2.05, 4.69) is 10.3 Å². The molecule has 0 heterocycles. The number of guanidine groups is 1. The van der Waals surface area contributed by atoms with Crippen LogP contribution in [0.4, 0.5) is 0 Å². The van der Waals surface area contributed by atoms with Crippen LogP contribution in [0.25, 0.3) is 6.08 Å². The molecular formula is C15H22N4O3. The predicted octanol–water partition coefficient (Wildman–Crippen LogP) is 0.584. The number of nitrogens with two attached hydrogens (primary N) is 2. The summed E-state index contributed by atoms with van der Waals surface area (Å²) in [5, 5.41) is 12.2. The summed E-state index contributed by atoms with van der Waals surface area (Å²) in [7, 11) is 1.47. The summed E-state index contributed by atoms with van der Waals surface area (Å²) in [4.78, 5) is 15.5. The zero-order valence-electron chi connectivity index (χ0n) is 12.6. The summed E-state index contributed by atoms with van der Waals surface area (Å²) in [6.45, 7) is 1.11. The number of phenols is 1. The summed E-state index contributed by atoms with van der Waals surface area (Å²) < 4.78 is 5.00. The van der Waals surface area contributed by atoms with Crippen molar-refractivity contribution in [1.29, 1.82) is 0 Å². The smallest absolute Gasteiger partial charge is 0.243 e. The molecule has 6 N–H and O–H groups in total. The Balaban J connectivity index is 2.34. The van der Waals surface area contributed by atoms with E-state index < -0.39 is 0 Å². The van der Waals surface area contributed by atoms with Gasteiger partial charge in [0.1, 0.15) is 0 Å². The molecule has 0 radical (unpaired) electrons. The highest BCUT2D eigenvalue weighted by Crippen LogP contribution is 2.26. The summed E-state index contributed by atoms with van der Waals surface area (Å²) >= 11 is 0. The average Bonchev–Trinajstić information content (AvgIpc) is 2.49. The van der Waals surface area contributed by atoms with Crippen molar-refractivity contribution in [2.75, 3.05) is 20.2 Å². The molecule has 0 atom stereocenters. The standard InChI is InChI=1S/C15H22N4O3/c1-22-13-10-11(4-6-12(13)20)5-7-14(21)18-8-2-3-9-19-15(16)17/h4-7,10,20H,2-3,8-9H2,1H3,(H,18,21)(H4,16,17,19)/b7-5-. The molecule has 0 saturated heterocycles. The van der Waals surface area contributed by atoms with Crippen molar-refractivity contribution in [2.45, 2.75) is 12.8 Å². The van der Waals surface area contributed by atoms with Crippen molar-refractivity contribution in [3.05, 3.63) is 29.8 Å². The highest BCUT2D eigenvalue weighted by Gasteiger charge is 2.01. The van der Waals surface area contributed by atoms with Crippen LogP contribution in [0.3, 0.4) is 0 Å². The minimum atomic E-state index is -0.186. The SMILES string of the molecule is COc1cc(/C=C\C(=O)NCCCCN=C(N)N)ccc1O. The molecule has 7 nitrogen and oxygen atoms in total. The Kier molecular flexibility index (Phi) is 7.32. The second-order valence-corrected chi connectivity index (χ2v) is 4.57. The second-order valence-electron chi connectivity index (χ2n) is 4.57. The lowest BCUT2D eigenvalue weighted by molar-refractivity contribution is -0.116. The Morgan fingerprint density at radius 1 is 1.41 bits per heavy atom. The summed E-state index contributed by atoms with van der Waals surface area (Å²) in [6.07, 6.45) is 4.68. The van der Waals surface area contributed by atoms with Gasteiger partial charge in [-0.25, -0.2) is 0 Å². The number of hydrogen-bond donors (Lipinski definition) is 4. The molecule has 0 spiro atoms. The van der Waals surface area contributed by atoms with Crippen molar-refractivity contribution >= 4 is 17.9 Å². The maximum absolute atomic E-state index is 11.6. The molecule has 1 amide bonds. The van der Waals surface area contributed by atoms with Crippen LogP contribution in [0.2, 0.25) is 0 Å². The Labute approximate surface area is 129 Å². The Morgan fingerprint density at radius 2 is 2.18 bits per heavy atom. The van der Waals surface area contributed by atoms with Gasteiger partial charge in [0.15, 0.2) is 17.5 Å². The number of rotatable bonds is 8. The summed E-state index contributed by atoms with van der Waals surface area (Å²) in [6, 6.07) is 4.85. The quantitative estimate of drug-likeness (QED) is 0.242. The topological polar surface area (TPSA) is 123 Å². The van der Waals surface area contributed by atoms with Crippen LogP contribution in [0, 0.1) is 0 Å². The molecule has 1 aromatic rings. The molecule has 120 valence electrons. The Morgan fingerprint density at radius 3 is 2.86 bits per heavy atom. The van der Waals surface area contributed by atoms with Crippen LogP contribution in [0.5, 0.6) is 11.5 Å². The lowest BCUT2D eigenvalue weighted by Crippen LogP contribution is -2.24. The highest BCUT2D eigenvalue weighted by molar-refractivity contribution is 5.91. The first kappa shape index (κ1) is 17.4. The van der Waals surface area contributed by atoms with Gasteiger partial charge in [0, 0.05) is 19.2 Å². The Hall–Kier alpha value is -2.70. The van der Waals surface area contributed by atoms with E-state index in [0.29, 0.717) is 18.8 Å². The molecule has 0 fully saturated rings. The first-order chi connectivity index (χ1) is 10.5. The number of ether oxygens (including phenoxy) is 1. The molecular weight excluding hydrogens is 284 g/mol. The molecule has 0 aliphatic rings. The fraction of sp³-hybridized carbons (Fsp3) is 0.333. The number of nitrogens with zero attached hydrogens (tertiary/aromatic N) is 1. The third-order valence-electron chi connectivity index (χ3n) is 2.81. The van der Waals surface area contributed by atoms with E-state index in [0.717, 1.165) is 18.4 Å². The Bertz CT molecular complexity index is 552. The predicted molar refractivity (Wildman–Crippen MR) is 86.6 cm³/mol. The van der Waals surface area contributed by atoms with Gasteiger partial charge >= 0.3 is 0 Å².